The van der Waals surface area contributed by atoms with Crippen LogP contribution >= 0.6 is 12.2 Å². The third kappa shape index (κ3) is 3.17. The molecule has 1 fully saturated rings. The van der Waals surface area contributed by atoms with Crippen LogP contribution in [0.1, 0.15) is 12.8 Å². The van der Waals surface area contributed by atoms with Crippen LogP contribution in [0.25, 0.3) is 0 Å². The quantitative estimate of drug-likeness (QED) is 0.806. The molecule has 0 amide bonds. The monoisotopic (exact) mass is 268 g/mol. The maximum atomic E-state index is 13.5. The Morgan fingerprint density at radius 2 is 2.28 bits per heavy atom. The minimum Gasteiger partial charge on any atom is -0.396 e. The van der Waals surface area contributed by atoms with Crippen LogP contribution in [0.5, 0.6) is 0 Å². The first kappa shape index (κ1) is 13.2. The van der Waals surface area contributed by atoms with Crippen molar-refractivity contribution < 1.29 is 9.50 Å². The Kier molecular flexibility index (Phi) is 4.49. The Bertz CT molecular complexity index is 427. The van der Waals surface area contributed by atoms with Crippen molar-refractivity contribution in [3.63, 3.8) is 0 Å². The minimum atomic E-state index is -0.310. The summed E-state index contributed by atoms with van der Waals surface area (Å²) in [6.45, 7) is 1.77. The predicted molar refractivity (Wildman–Crippen MR) is 74.0 cm³/mol. The summed E-state index contributed by atoms with van der Waals surface area (Å²) in [5.41, 5.74) is 0.397. The van der Waals surface area contributed by atoms with Crippen molar-refractivity contribution >= 4 is 23.0 Å². The molecule has 1 aromatic rings. The fourth-order valence-corrected chi connectivity index (χ4v) is 2.43. The van der Waals surface area contributed by atoms with E-state index in [1.165, 1.54) is 6.07 Å². The summed E-state index contributed by atoms with van der Waals surface area (Å²) in [6, 6.07) is 6.47. The zero-order valence-corrected chi connectivity index (χ0v) is 10.9. The fraction of sp³-hybridized carbons (Fsp3) is 0.462. The normalized spacial score (nSPS) is 19.7. The maximum Gasteiger partial charge on any atom is 0.173 e. The molecule has 5 heteroatoms. The number of thiocarbonyl (C=S) groups is 1. The number of likely N-dealkylation sites (tertiary alicyclic amines) is 1. The van der Waals surface area contributed by atoms with Crippen molar-refractivity contribution in [1.82, 2.24) is 4.90 Å². The first-order valence-corrected chi connectivity index (χ1v) is 6.53. The molecule has 1 aromatic carbocycles. The van der Waals surface area contributed by atoms with E-state index in [2.05, 4.69) is 5.32 Å². The minimum absolute atomic E-state index is 0.179. The second-order valence-electron chi connectivity index (χ2n) is 4.55. The van der Waals surface area contributed by atoms with E-state index in [1.807, 2.05) is 4.90 Å². The van der Waals surface area contributed by atoms with Gasteiger partial charge in [0, 0.05) is 19.7 Å². The molecule has 2 rings (SSSR count). The second kappa shape index (κ2) is 6.11. The number of nitrogens with one attached hydrogen (secondary N) is 1. The molecule has 1 aliphatic rings. The predicted octanol–water partition coefficient (Wildman–Crippen LogP) is 2.23. The molecular formula is C13H17FN2OS. The van der Waals surface area contributed by atoms with Crippen LogP contribution < -0.4 is 5.32 Å². The van der Waals surface area contributed by atoms with E-state index in [0.717, 1.165) is 25.9 Å². The molecule has 18 heavy (non-hydrogen) atoms. The van der Waals surface area contributed by atoms with Gasteiger partial charge in [-0.3, -0.25) is 0 Å². The SMILES string of the molecule is OC[C@H]1CCCN(C(=S)Nc2ccccc2F)C1. The standard InChI is InChI=1S/C13H17FN2OS/c14-11-5-1-2-6-12(11)15-13(18)16-7-3-4-10(8-16)9-17/h1-2,5-6,10,17H,3-4,7-9H2,(H,15,18)/t10-/m0/s1. The maximum absolute atomic E-state index is 13.5. The van der Waals surface area contributed by atoms with Crippen molar-refractivity contribution in [3.05, 3.63) is 30.1 Å². The first-order valence-electron chi connectivity index (χ1n) is 6.12. The molecule has 0 aliphatic carbocycles. The van der Waals surface area contributed by atoms with Gasteiger partial charge in [0.2, 0.25) is 0 Å². The van der Waals surface area contributed by atoms with Crippen molar-refractivity contribution in [3.8, 4) is 0 Å². The highest BCUT2D eigenvalue weighted by molar-refractivity contribution is 7.80. The van der Waals surface area contributed by atoms with E-state index in [9.17, 15) is 9.50 Å². The smallest absolute Gasteiger partial charge is 0.173 e. The zero-order valence-electron chi connectivity index (χ0n) is 10.1. The number of halogens is 1. The molecule has 1 saturated heterocycles. The van der Waals surface area contributed by atoms with Crippen molar-refractivity contribution in [2.75, 3.05) is 25.0 Å². The van der Waals surface area contributed by atoms with Crippen molar-refractivity contribution in [2.24, 2.45) is 5.92 Å². The summed E-state index contributed by atoms with van der Waals surface area (Å²) in [5.74, 6) is -0.0466. The molecule has 1 atom stereocenters. The van der Waals surface area contributed by atoms with Gasteiger partial charge in [-0.1, -0.05) is 12.1 Å². The molecule has 0 spiro atoms. The van der Waals surface area contributed by atoms with Crippen molar-refractivity contribution in [2.45, 2.75) is 12.8 Å². The lowest BCUT2D eigenvalue weighted by atomic mass is 9.99. The second-order valence-corrected chi connectivity index (χ2v) is 4.93. The summed E-state index contributed by atoms with van der Waals surface area (Å²) in [6.07, 6.45) is 2.03. The van der Waals surface area contributed by atoms with E-state index in [-0.39, 0.29) is 18.3 Å². The van der Waals surface area contributed by atoms with E-state index >= 15 is 0 Å². The Labute approximate surface area is 112 Å². The van der Waals surface area contributed by atoms with Gasteiger partial charge in [-0.05, 0) is 43.1 Å². The lowest BCUT2D eigenvalue weighted by Gasteiger charge is -2.33. The van der Waals surface area contributed by atoms with Crippen molar-refractivity contribution in [1.29, 1.82) is 0 Å². The highest BCUT2D eigenvalue weighted by Gasteiger charge is 2.21. The van der Waals surface area contributed by atoms with Crippen LogP contribution in [0.4, 0.5) is 10.1 Å². The van der Waals surface area contributed by atoms with Crippen LogP contribution in [0.3, 0.4) is 0 Å². The van der Waals surface area contributed by atoms with E-state index in [1.54, 1.807) is 18.2 Å². The number of benzene rings is 1. The molecule has 0 saturated carbocycles. The lowest BCUT2D eigenvalue weighted by Crippen LogP contribution is -2.43. The van der Waals surface area contributed by atoms with Gasteiger partial charge in [-0.15, -0.1) is 0 Å². The number of para-hydroxylation sites is 1. The van der Waals surface area contributed by atoms with Crippen LogP contribution in [0.2, 0.25) is 0 Å². The Morgan fingerprint density at radius 1 is 1.50 bits per heavy atom. The summed E-state index contributed by atoms with van der Waals surface area (Å²) in [4.78, 5) is 1.99. The first-order chi connectivity index (χ1) is 8.70. The number of hydrogen-bond donors (Lipinski definition) is 2. The highest BCUT2D eigenvalue weighted by Crippen LogP contribution is 2.18. The molecule has 0 radical (unpaired) electrons. The number of nitrogens with zero attached hydrogens (tertiary/aromatic N) is 1. The average molecular weight is 268 g/mol. The van der Waals surface area contributed by atoms with Crippen LogP contribution in [-0.4, -0.2) is 34.8 Å². The van der Waals surface area contributed by atoms with Gasteiger partial charge in [0.15, 0.2) is 5.11 Å². The van der Waals surface area contributed by atoms with Gasteiger partial charge in [-0.25, -0.2) is 4.39 Å². The van der Waals surface area contributed by atoms with E-state index in [0.29, 0.717) is 10.8 Å². The number of aliphatic hydroxyl groups excluding tert-OH is 1. The molecular weight excluding hydrogens is 251 g/mol. The van der Waals surface area contributed by atoms with Crippen LogP contribution in [0, 0.1) is 11.7 Å². The fourth-order valence-electron chi connectivity index (χ4n) is 2.16. The van der Waals surface area contributed by atoms with Gasteiger partial charge in [0.05, 0.1) is 5.69 Å². The Hall–Kier alpha value is -1.20. The van der Waals surface area contributed by atoms with E-state index in [4.69, 9.17) is 12.2 Å². The van der Waals surface area contributed by atoms with Gasteiger partial charge < -0.3 is 15.3 Å². The summed E-state index contributed by atoms with van der Waals surface area (Å²) in [5, 5.41) is 12.6. The van der Waals surface area contributed by atoms with Gasteiger partial charge >= 0.3 is 0 Å². The van der Waals surface area contributed by atoms with E-state index < -0.39 is 0 Å². The van der Waals surface area contributed by atoms with Gasteiger partial charge in [0.25, 0.3) is 0 Å². The van der Waals surface area contributed by atoms with Crippen LogP contribution in [-0.2, 0) is 0 Å². The Balaban J connectivity index is 1.97. The summed E-state index contributed by atoms with van der Waals surface area (Å²) < 4.78 is 13.5. The topological polar surface area (TPSA) is 35.5 Å². The Morgan fingerprint density at radius 3 is 3.00 bits per heavy atom. The third-order valence-electron chi connectivity index (χ3n) is 3.18. The molecule has 98 valence electrons. The molecule has 0 unspecified atom stereocenters. The summed E-state index contributed by atoms with van der Waals surface area (Å²) in [7, 11) is 0. The van der Waals surface area contributed by atoms with Crippen LogP contribution in [0.15, 0.2) is 24.3 Å². The number of hydrogen-bond acceptors (Lipinski definition) is 2. The molecule has 2 N–H and O–H groups in total. The molecule has 0 aromatic heterocycles. The number of anilines is 1. The number of rotatable bonds is 2. The number of aliphatic hydroxyl groups is 1. The molecule has 1 heterocycles. The molecule has 0 bridgehead atoms. The average Bonchev–Trinajstić information content (AvgIpc) is 2.41. The van der Waals surface area contributed by atoms with Gasteiger partial charge in [-0.2, -0.15) is 0 Å². The summed E-state index contributed by atoms with van der Waals surface area (Å²) >= 11 is 5.28. The molecule has 3 nitrogen and oxygen atoms in total. The van der Waals surface area contributed by atoms with Gasteiger partial charge in [0.1, 0.15) is 5.82 Å². The largest absolute Gasteiger partial charge is 0.396 e. The zero-order chi connectivity index (χ0) is 13.0. The third-order valence-corrected chi connectivity index (χ3v) is 3.54. The number of piperidine rings is 1. The lowest BCUT2D eigenvalue weighted by molar-refractivity contribution is 0.162. The molecule has 1 aliphatic heterocycles. The highest BCUT2D eigenvalue weighted by atomic mass is 32.1.